The van der Waals surface area contributed by atoms with Crippen LogP contribution in [0.5, 0.6) is 0 Å². The van der Waals surface area contributed by atoms with Crippen molar-refractivity contribution in [1.29, 1.82) is 0 Å². The number of pyridine rings is 1. The second kappa shape index (κ2) is 6.19. The lowest BCUT2D eigenvalue weighted by atomic mass is 9.90. The van der Waals surface area contributed by atoms with Gasteiger partial charge in [0.1, 0.15) is 0 Å². The van der Waals surface area contributed by atoms with Crippen LogP contribution in [0, 0.1) is 0 Å². The van der Waals surface area contributed by atoms with Gasteiger partial charge in [0.2, 0.25) is 0 Å². The first-order valence-electron chi connectivity index (χ1n) is 6.37. The highest BCUT2D eigenvalue weighted by Gasteiger charge is 2.13. The van der Waals surface area contributed by atoms with Gasteiger partial charge in [-0.2, -0.15) is 0 Å². The molecule has 2 aromatic rings. The van der Waals surface area contributed by atoms with Gasteiger partial charge in [-0.05, 0) is 24.1 Å². The maximum Gasteiger partial charge on any atom is 0.0478 e. The molecule has 0 fully saturated rings. The summed E-state index contributed by atoms with van der Waals surface area (Å²) in [5.74, 6) is 0.442. The summed E-state index contributed by atoms with van der Waals surface area (Å²) in [4.78, 5) is 4.51. The highest BCUT2D eigenvalue weighted by molar-refractivity contribution is 5.28. The van der Waals surface area contributed by atoms with E-state index in [-0.39, 0.29) is 0 Å². The van der Waals surface area contributed by atoms with E-state index >= 15 is 0 Å². The van der Waals surface area contributed by atoms with E-state index in [1.54, 1.807) is 0 Å². The van der Waals surface area contributed by atoms with Crippen LogP contribution in [0.25, 0.3) is 0 Å². The predicted molar refractivity (Wildman–Crippen MR) is 72.0 cm³/mol. The van der Waals surface area contributed by atoms with Gasteiger partial charge in [0.25, 0.3) is 0 Å². The smallest absolute Gasteiger partial charge is 0.0478 e. The molecule has 1 atom stereocenters. The molecule has 1 heteroatoms. The highest BCUT2D eigenvalue weighted by atomic mass is 14.7. The number of rotatable bonds is 5. The Kier molecular flexibility index (Phi) is 4.31. The van der Waals surface area contributed by atoms with Crippen molar-refractivity contribution in [2.24, 2.45) is 0 Å². The molecule has 1 nitrogen and oxygen atoms in total. The van der Waals surface area contributed by atoms with Crippen LogP contribution in [0.4, 0.5) is 0 Å². The van der Waals surface area contributed by atoms with Crippen LogP contribution in [0.1, 0.15) is 43.4 Å². The van der Waals surface area contributed by atoms with Crippen LogP contribution in [0.2, 0.25) is 0 Å². The standard InChI is InChI=1S/C16H19N/c1-2-3-11-15(14-9-5-4-6-10-14)16-12-7-8-13-17-16/h4-10,12-13,15H,2-3,11H2,1H3/t15-/m1/s1. The summed E-state index contributed by atoms with van der Waals surface area (Å²) in [5, 5.41) is 0. The zero-order chi connectivity index (χ0) is 11.9. The SMILES string of the molecule is CCCC[C@H](c1ccccc1)c1ccccn1. The normalized spacial score (nSPS) is 12.3. The second-order valence-corrected chi connectivity index (χ2v) is 4.36. The molecule has 0 unspecified atom stereocenters. The maximum absolute atomic E-state index is 4.51. The van der Waals surface area contributed by atoms with Crippen LogP contribution < -0.4 is 0 Å². The lowest BCUT2D eigenvalue weighted by molar-refractivity contribution is 0.638. The van der Waals surface area contributed by atoms with Crippen LogP contribution in [-0.4, -0.2) is 4.98 Å². The molecule has 0 bridgehead atoms. The van der Waals surface area contributed by atoms with Crippen LogP contribution >= 0.6 is 0 Å². The minimum atomic E-state index is 0.442. The molecule has 0 radical (unpaired) electrons. The topological polar surface area (TPSA) is 12.9 Å². The van der Waals surface area contributed by atoms with E-state index in [1.807, 2.05) is 12.3 Å². The molecule has 2 rings (SSSR count). The molecule has 1 heterocycles. The van der Waals surface area contributed by atoms with Gasteiger partial charge in [0, 0.05) is 17.8 Å². The quantitative estimate of drug-likeness (QED) is 0.734. The molecule has 0 saturated carbocycles. The van der Waals surface area contributed by atoms with Crippen molar-refractivity contribution >= 4 is 0 Å². The minimum absolute atomic E-state index is 0.442. The molecule has 0 saturated heterocycles. The molecule has 0 aliphatic rings. The predicted octanol–water partition coefficient (Wildman–Crippen LogP) is 4.40. The van der Waals surface area contributed by atoms with Gasteiger partial charge >= 0.3 is 0 Å². The van der Waals surface area contributed by atoms with E-state index in [9.17, 15) is 0 Å². The Morgan fingerprint density at radius 1 is 1.00 bits per heavy atom. The molecule has 17 heavy (non-hydrogen) atoms. The number of hydrogen-bond acceptors (Lipinski definition) is 1. The average molecular weight is 225 g/mol. The summed E-state index contributed by atoms with van der Waals surface area (Å²) in [6.07, 6.45) is 5.54. The lowest BCUT2D eigenvalue weighted by Crippen LogP contribution is -2.03. The third-order valence-corrected chi connectivity index (χ3v) is 3.09. The fourth-order valence-corrected chi connectivity index (χ4v) is 2.16. The number of hydrogen-bond donors (Lipinski definition) is 0. The summed E-state index contributed by atoms with van der Waals surface area (Å²) >= 11 is 0. The van der Waals surface area contributed by atoms with Gasteiger partial charge in [0.05, 0.1) is 0 Å². The zero-order valence-corrected chi connectivity index (χ0v) is 10.3. The fourth-order valence-electron chi connectivity index (χ4n) is 2.16. The first-order chi connectivity index (χ1) is 8.42. The molecule has 88 valence electrons. The van der Waals surface area contributed by atoms with E-state index in [0.717, 1.165) is 0 Å². The second-order valence-electron chi connectivity index (χ2n) is 4.36. The Labute approximate surface area is 104 Å². The molecular formula is C16H19N. The lowest BCUT2D eigenvalue weighted by Gasteiger charge is -2.16. The highest BCUT2D eigenvalue weighted by Crippen LogP contribution is 2.27. The number of benzene rings is 1. The molecular weight excluding hydrogens is 206 g/mol. The van der Waals surface area contributed by atoms with E-state index in [0.29, 0.717) is 5.92 Å². The van der Waals surface area contributed by atoms with Gasteiger partial charge < -0.3 is 0 Å². The van der Waals surface area contributed by atoms with Crippen molar-refractivity contribution in [2.45, 2.75) is 32.1 Å². The van der Waals surface area contributed by atoms with E-state index in [2.05, 4.69) is 54.4 Å². The third-order valence-electron chi connectivity index (χ3n) is 3.09. The van der Waals surface area contributed by atoms with E-state index < -0.39 is 0 Å². The largest absolute Gasteiger partial charge is 0.261 e. The van der Waals surface area contributed by atoms with Gasteiger partial charge in [-0.25, -0.2) is 0 Å². The van der Waals surface area contributed by atoms with Crippen molar-refractivity contribution in [2.75, 3.05) is 0 Å². The first kappa shape index (κ1) is 11.8. The summed E-state index contributed by atoms with van der Waals surface area (Å²) in [6.45, 7) is 2.24. The van der Waals surface area contributed by atoms with E-state index in [4.69, 9.17) is 0 Å². The Balaban J connectivity index is 2.26. The molecule has 0 aliphatic carbocycles. The van der Waals surface area contributed by atoms with Crippen molar-refractivity contribution in [1.82, 2.24) is 4.98 Å². The summed E-state index contributed by atoms with van der Waals surface area (Å²) in [7, 11) is 0. The van der Waals surface area contributed by atoms with Gasteiger partial charge in [0.15, 0.2) is 0 Å². The third kappa shape index (κ3) is 3.16. The van der Waals surface area contributed by atoms with Crippen molar-refractivity contribution in [3.63, 3.8) is 0 Å². The van der Waals surface area contributed by atoms with Gasteiger partial charge in [-0.3, -0.25) is 4.98 Å². The number of unbranched alkanes of at least 4 members (excludes halogenated alkanes) is 1. The number of nitrogens with zero attached hydrogens (tertiary/aromatic N) is 1. The monoisotopic (exact) mass is 225 g/mol. The summed E-state index contributed by atoms with van der Waals surface area (Å²) < 4.78 is 0. The fraction of sp³-hybridized carbons (Fsp3) is 0.312. The number of aromatic nitrogens is 1. The maximum atomic E-state index is 4.51. The molecule has 1 aromatic carbocycles. The molecule has 0 N–H and O–H groups in total. The molecule has 1 aromatic heterocycles. The van der Waals surface area contributed by atoms with Crippen molar-refractivity contribution < 1.29 is 0 Å². The minimum Gasteiger partial charge on any atom is -0.261 e. The average Bonchev–Trinajstić information content (AvgIpc) is 2.42. The molecule has 0 amide bonds. The van der Waals surface area contributed by atoms with E-state index in [1.165, 1.54) is 30.5 Å². The molecule has 0 aliphatic heterocycles. The molecule has 0 spiro atoms. The Morgan fingerprint density at radius 2 is 1.76 bits per heavy atom. The van der Waals surface area contributed by atoms with Crippen LogP contribution in [0.15, 0.2) is 54.7 Å². The van der Waals surface area contributed by atoms with Gasteiger partial charge in [-0.1, -0.05) is 56.2 Å². The van der Waals surface area contributed by atoms with Crippen molar-refractivity contribution in [3.8, 4) is 0 Å². The van der Waals surface area contributed by atoms with Crippen LogP contribution in [0.3, 0.4) is 0 Å². The van der Waals surface area contributed by atoms with Crippen molar-refractivity contribution in [3.05, 3.63) is 66.0 Å². The Hall–Kier alpha value is -1.63. The van der Waals surface area contributed by atoms with Gasteiger partial charge in [-0.15, -0.1) is 0 Å². The Bertz CT molecular complexity index is 382. The zero-order valence-electron chi connectivity index (χ0n) is 10.3. The first-order valence-corrected chi connectivity index (χ1v) is 6.37. The summed E-state index contributed by atoms with van der Waals surface area (Å²) in [5.41, 5.74) is 2.56. The Morgan fingerprint density at radius 3 is 2.41 bits per heavy atom. The van der Waals surface area contributed by atoms with Crippen LogP contribution in [-0.2, 0) is 0 Å². The summed E-state index contributed by atoms with van der Waals surface area (Å²) in [6, 6.07) is 16.9.